The van der Waals surface area contributed by atoms with Crippen molar-refractivity contribution in [2.24, 2.45) is 0 Å². The maximum atomic E-state index is 12.0. The number of Topliss-reactive ketones (excluding diaryl/α,β-unsaturated/α-hetero) is 1. The third-order valence-electron chi connectivity index (χ3n) is 2.86. The van der Waals surface area contributed by atoms with Crippen molar-refractivity contribution >= 4 is 17.4 Å². The second kappa shape index (κ2) is 6.44. The number of carbonyl (C=O) groups excluding carboxylic acids is 1. The van der Waals surface area contributed by atoms with E-state index in [2.05, 4.69) is 0 Å². The van der Waals surface area contributed by atoms with Crippen LogP contribution >= 0.6 is 11.6 Å². The van der Waals surface area contributed by atoms with Gasteiger partial charge in [0.15, 0.2) is 12.4 Å². The maximum Gasteiger partial charge on any atom is 0.200 e. The van der Waals surface area contributed by atoms with Gasteiger partial charge in [0.25, 0.3) is 0 Å². The van der Waals surface area contributed by atoms with E-state index in [4.69, 9.17) is 21.1 Å². The fourth-order valence-electron chi connectivity index (χ4n) is 1.73. The summed E-state index contributed by atoms with van der Waals surface area (Å²) in [4.78, 5) is 12.0. The molecule has 0 radical (unpaired) electrons. The van der Waals surface area contributed by atoms with E-state index < -0.39 is 0 Å². The van der Waals surface area contributed by atoms with Gasteiger partial charge in [0.05, 0.1) is 12.1 Å². The van der Waals surface area contributed by atoms with Crippen molar-refractivity contribution in [3.05, 3.63) is 58.6 Å². The van der Waals surface area contributed by atoms with Crippen molar-refractivity contribution in [3.8, 4) is 11.5 Å². The zero-order chi connectivity index (χ0) is 14.5. The number of hydrogen-bond acceptors (Lipinski definition) is 3. The lowest BCUT2D eigenvalue weighted by Gasteiger charge is -2.08. The molecule has 0 atom stereocenters. The molecule has 0 saturated heterocycles. The summed E-state index contributed by atoms with van der Waals surface area (Å²) in [5, 5.41) is 0.507. The Bertz CT molecular complexity index is 606. The zero-order valence-electron chi connectivity index (χ0n) is 11.4. The van der Waals surface area contributed by atoms with E-state index in [1.165, 1.54) is 0 Å². The molecule has 4 heteroatoms. The summed E-state index contributed by atoms with van der Waals surface area (Å²) in [5.74, 6) is 1.12. The highest BCUT2D eigenvalue weighted by Gasteiger charge is 2.09. The minimum atomic E-state index is -0.107. The van der Waals surface area contributed by atoms with E-state index in [-0.39, 0.29) is 12.4 Å². The quantitative estimate of drug-likeness (QED) is 0.783. The van der Waals surface area contributed by atoms with Gasteiger partial charge in [0, 0.05) is 5.56 Å². The van der Waals surface area contributed by atoms with Gasteiger partial charge in [0.2, 0.25) is 0 Å². The number of ketones is 1. The smallest absolute Gasteiger partial charge is 0.200 e. The van der Waals surface area contributed by atoms with Crippen LogP contribution in [0.2, 0.25) is 5.02 Å². The Morgan fingerprint density at radius 2 is 1.85 bits per heavy atom. The summed E-state index contributed by atoms with van der Waals surface area (Å²) in [6.07, 6.45) is 0. The average Bonchev–Trinajstić information content (AvgIpc) is 2.46. The Labute approximate surface area is 123 Å². The molecular weight excluding hydrogens is 276 g/mol. The van der Waals surface area contributed by atoms with E-state index in [1.807, 2.05) is 13.0 Å². The molecule has 2 aromatic carbocycles. The SMILES string of the molecule is COc1ccc(C(=O)COc2ccc(C)cc2Cl)cc1. The average molecular weight is 291 g/mol. The van der Waals surface area contributed by atoms with Gasteiger partial charge in [-0.3, -0.25) is 4.79 Å². The molecule has 0 fully saturated rings. The summed E-state index contributed by atoms with van der Waals surface area (Å²) in [6.45, 7) is 1.90. The molecule has 104 valence electrons. The van der Waals surface area contributed by atoms with Gasteiger partial charge in [-0.05, 0) is 48.9 Å². The highest BCUT2D eigenvalue weighted by atomic mass is 35.5. The molecule has 0 heterocycles. The minimum absolute atomic E-state index is 0.0465. The molecule has 0 aliphatic heterocycles. The van der Waals surface area contributed by atoms with Crippen LogP contribution in [0.15, 0.2) is 42.5 Å². The normalized spacial score (nSPS) is 10.2. The van der Waals surface area contributed by atoms with Crippen molar-refractivity contribution in [1.29, 1.82) is 0 Å². The second-order valence-corrected chi connectivity index (χ2v) is 4.78. The zero-order valence-corrected chi connectivity index (χ0v) is 12.1. The fourth-order valence-corrected chi connectivity index (χ4v) is 2.02. The Balaban J connectivity index is 2.00. The Hall–Kier alpha value is -2.00. The summed E-state index contributed by atoms with van der Waals surface area (Å²) < 4.78 is 10.5. The number of hydrogen-bond donors (Lipinski definition) is 0. The molecule has 0 bridgehead atoms. The molecule has 0 spiro atoms. The lowest BCUT2D eigenvalue weighted by Crippen LogP contribution is -2.11. The van der Waals surface area contributed by atoms with Gasteiger partial charge in [0.1, 0.15) is 11.5 Å². The van der Waals surface area contributed by atoms with Crippen molar-refractivity contribution in [2.45, 2.75) is 6.92 Å². The van der Waals surface area contributed by atoms with E-state index in [1.54, 1.807) is 43.5 Å². The second-order valence-electron chi connectivity index (χ2n) is 4.37. The molecule has 2 aromatic rings. The summed E-state index contributed by atoms with van der Waals surface area (Å²) in [5.41, 5.74) is 1.62. The van der Waals surface area contributed by atoms with Gasteiger partial charge < -0.3 is 9.47 Å². The van der Waals surface area contributed by atoms with Gasteiger partial charge in [-0.1, -0.05) is 17.7 Å². The Morgan fingerprint density at radius 1 is 1.15 bits per heavy atom. The number of rotatable bonds is 5. The van der Waals surface area contributed by atoms with E-state index in [9.17, 15) is 4.79 Å². The first-order valence-electron chi connectivity index (χ1n) is 6.16. The lowest BCUT2D eigenvalue weighted by molar-refractivity contribution is 0.0921. The van der Waals surface area contributed by atoms with Gasteiger partial charge >= 0.3 is 0 Å². The number of aryl methyl sites for hydroxylation is 1. The molecule has 0 amide bonds. The first kappa shape index (κ1) is 14.4. The van der Waals surface area contributed by atoms with Crippen LogP contribution in [-0.4, -0.2) is 19.5 Å². The molecule has 2 rings (SSSR count). The van der Waals surface area contributed by atoms with Crippen molar-refractivity contribution < 1.29 is 14.3 Å². The molecule has 0 unspecified atom stereocenters. The van der Waals surface area contributed by atoms with E-state index in [0.29, 0.717) is 22.1 Å². The van der Waals surface area contributed by atoms with Crippen LogP contribution in [0.1, 0.15) is 15.9 Å². The topological polar surface area (TPSA) is 35.5 Å². The third-order valence-corrected chi connectivity index (χ3v) is 3.15. The number of carbonyl (C=O) groups is 1. The summed E-state index contributed by atoms with van der Waals surface area (Å²) in [6, 6.07) is 12.4. The van der Waals surface area contributed by atoms with Crippen molar-refractivity contribution in [2.75, 3.05) is 13.7 Å². The highest BCUT2D eigenvalue weighted by molar-refractivity contribution is 6.32. The van der Waals surface area contributed by atoms with Crippen LogP contribution in [0.3, 0.4) is 0 Å². The Morgan fingerprint density at radius 3 is 2.45 bits per heavy atom. The van der Waals surface area contributed by atoms with E-state index >= 15 is 0 Å². The molecule has 0 aromatic heterocycles. The highest BCUT2D eigenvalue weighted by Crippen LogP contribution is 2.25. The number of halogens is 1. The van der Waals surface area contributed by atoms with Crippen LogP contribution < -0.4 is 9.47 Å². The largest absolute Gasteiger partial charge is 0.497 e. The van der Waals surface area contributed by atoms with Gasteiger partial charge in [-0.25, -0.2) is 0 Å². The first-order valence-corrected chi connectivity index (χ1v) is 6.54. The summed E-state index contributed by atoms with van der Waals surface area (Å²) >= 11 is 6.05. The molecule has 3 nitrogen and oxygen atoms in total. The standard InChI is InChI=1S/C16H15ClO3/c1-11-3-8-16(14(17)9-11)20-10-15(18)12-4-6-13(19-2)7-5-12/h3-9H,10H2,1-2H3. The minimum Gasteiger partial charge on any atom is -0.497 e. The molecule has 0 N–H and O–H groups in total. The van der Waals surface area contributed by atoms with Crippen LogP contribution in [0, 0.1) is 6.92 Å². The molecule has 0 aliphatic rings. The Kier molecular flexibility index (Phi) is 4.64. The first-order chi connectivity index (χ1) is 9.60. The van der Waals surface area contributed by atoms with Crippen molar-refractivity contribution in [3.63, 3.8) is 0 Å². The van der Waals surface area contributed by atoms with Crippen LogP contribution in [0.4, 0.5) is 0 Å². The monoisotopic (exact) mass is 290 g/mol. The number of methoxy groups -OCH3 is 1. The van der Waals surface area contributed by atoms with Gasteiger partial charge in [-0.2, -0.15) is 0 Å². The summed E-state index contributed by atoms with van der Waals surface area (Å²) in [7, 11) is 1.58. The van der Waals surface area contributed by atoms with Crippen LogP contribution in [0.5, 0.6) is 11.5 Å². The van der Waals surface area contributed by atoms with Gasteiger partial charge in [-0.15, -0.1) is 0 Å². The number of ether oxygens (including phenoxy) is 2. The fraction of sp³-hybridized carbons (Fsp3) is 0.188. The molecular formula is C16H15ClO3. The third kappa shape index (κ3) is 3.52. The predicted molar refractivity (Wildman–Crippen MR) is 79.0 cm³/mol. The molecule has 0 saturated carbocycles. The molecule has 20 heavy (non-hydrogen) atoms. The van der Waals surface area contributed by atoms with Crippen LogP contribution in [0.25, 0.3) is 0 Å². The lowest BCUT2D eigenvalue weighted by atomic mass is 10.1. The maximum absolute atomic E-state index is 12.0. The number of benzene rings is 2. The van der Waals surface area contributed by atoms with E-state index in [0.717, 1.165) is 5.56 Å². The van der Waals surface area contributed by atoms with Crippen molar-refractivity contribution in [1.82, 2.24) is 0 Å². The molecule has 0 aliphatic carbocycles. The predicted octanol–water partition coefficient (Wildman–Crippen LogP) is 3.92. The van der Waals surface area contributed by atoms with Crippen LogP contribution in [-0.2, 0) is 0 Å².